The second kappa shape index (κ2) is 7.31. The van der Waals surface area contributed by atoms with Gasteiger partial charge in [-0.05, 0) is 37.3 Å². The first-order valence-corrected chi connectivity index (χ1v) is 8.62. The number of nitrogen functional groups attached to an aromatic ring is 1. The molecule has 0 unspecified atom stereocenters. The summed E-state index contributed by atoms with van der Waals surface area (Å²) in [7, 11) is 0. The summed E-state index contributed by atoms with van der Waals surface area (Å²) in [5, 5.41) is 3.01. The fraction of sp³-hybridized carbons (Fsp3) is 0.105. The van der Waals surface area contributed by atoms with Crippen LogP contribution >= 0.6 is 0 Å². The second-order valence-corrected chi connectivity index (χ2v) is 5.89. The molecule has 0 radical (unpaired) electrons. The molecule has 0 aliphatic rings. The zero-order valence-electron chi connectivity index (χ0n) is 15.2. The summed E-state index contributed by atoms with van der Waals surface area (Å²) in [5.41, 5.74) is 9.59. The molecule has 140 valence electrons. The number of nitrogens with zero attached hydrogens (tertiary/aromatic N) is 5. The average Bonchev–Trinajstić information content (AvgIpc) is 3.10. The Morgan fingerprint density at radius 1 is 1.14 bits per heavy atom. The van der Waals surface area contributed by atoms with E-state index in [2.05, 4.69) is 41.8 Å². The number of nitrogens with two attached hydrogens (primary N) is 1. The Balaban J connectivity index is 1.86. The van der Waals surface area contributed by atoms with Crippen molar-refractivity contribution in [1.29, 1.82) is 0 Å². The second-order valence-electron chi connectivity index (χ2n) is 5.89. The molecule has 28 heavy (non-hydrogen) atoms. The summed E-state index contributed by atoms with van der Waals surface area (Å²) in [6.45, 7) is 6.21. The molecule has 0 saturated carbocycles. The summed E-state index contributed by atoms with van der Waals surface area (Å²) in [4.78, 5) is 24.7. The number of anilines is 2. The lowest BCUT2D eigenvalue weighted by Crippen LogP contribution is -2.03. The van der Waals surface area contributed by atoms with Crippen molar-refractivity contribution >= 4 is 22.9 Å². The Bertz CT molecular complexity index is 1120. The number of aromatic nitrogens is 6. The molecular weight excluding hydrogens is 356 g/mol. The summed E-state index contributed by atoms with van der Waals surface area (Å²) >= 11 is 0. The van der Waals surface area contributed by atoms with Crippen LogP contribution < -0.4 is 11.1 Å². The molecule has 0 atom stereocenters. The van der Waals surface area contributed by atoms with Gasteiger partial charge in [0.15, 0.2) is 11.7 Å². The Morgan fingerprint density at radius 3 is 2.61 bits per heavy atom. The molecule has 4 aromatic rings. The molecule has 0 fully saturated rings. The molecule has 4 N–H and O–H groups in total. The highest BCUT2D eigenvalue weighted by molar-refractivity contribution is 5.95. The van der Waals surface area contributed by atoms with E-state index in [-0.39, 0.29) is 5.95 Å². The molecule has 1 aromatic carbocycles. The van der Waals surface area contributed by atoms with Crippen molar-refractivity contribution in [2.24, 2.45) is 0 Å². The van der Waals surface area contributed by atoms with Gasteiger partial charge in [-0.1, -0.05) is 0 Å². The van der Waals surface area contributed by atoms with Crippen LogP contribution in [-0.4, -0.2) is 36.5 Å². The van der Waals surface area contributed by atoms with Crippen LogP contribution in [0.25, 0.3) is 33.5 Å². The highest BCUT2D eigenvalue weighted by atomic mass is 16.5. The zero-order valence-corrected chi connectivity index (χ0v) is 15.2. The van der Waals surface area contributed by atoms with Gasteiger partial charge in [-0.15, -0.1) is 0 Å². The standard InChI is InChI=1S/C19H18N8O/c1-3-28-11(2)25-19-26-15-8-12(13-9-23-18(20)24-10-13)7-14(16(15)27-19)17-21-5-4-6-22-17/h4-10H,2-3H2,1H3,(H2,20,23,24)(H2,25,26,27). The van der Waals surface area contributed by atoms with Gasteiger partial charge in [0, 0.05) is 35.9 Å². The van der Waals surface area contributed by atoms with E-state index >= 15 is 0 Å². The number of aromatic amines is 1. The quantitative estimate of drug-likeness (QED) is 0.440. The predicted molar refractivity (Wildman–Crippen MR) is 107 cm³/mol. The molecule has 3 heterocycles. The van der Waals surface area contributed by atoms with E-state index in [9.17, 15) is 0 Å². The third-order valence-corrected chi connectivity index (χ3v) is 3.97. The van der Waals surface area contributed by atoms with Crippen molar-refractivity contribution in [1.82, 2.24) is 29.9 Å². The molecule has 9 nitrogen and oxygen atoms in total. The van der Waals surface area contributed by atoms with E-state index in [1.165, 1.54) is 0 Å². The van der Waals surface area contributed by atoms with E-state index in [0.717, 1.165) is 27.7 Å². The van der Waals surface area contributed by atoms with Gasteiger partial charge in [0.25, 0.3) is 0 Å². The summed E-state index contributed by atoms with van der Waals surface area (Å²) in [6.07, 6.45) is 6.73. The molecule has 3 aromatic heterocycles. The van der Waals surface area contributed by atoms with E-state index in [0.29, 0.717) is 24.3 Å². The van der Waals surface area contributed by atoms with E-state index < -0.39 is 0 Å². The van der Waals surface area contributed by atoms with Crippen LogP contribution in [0.2, 0.25) is 0 Å². The van der Waals surface area contributed by atoms with E-state index in [1.54, 1.807) is 30.9 Å². The summed E-state index contributed by atoms with van der Waals surface area (Å²) in [6, 6.07) is 5.68. The van der Waals surface area contributed by atoms with Crippen molar-refractivity contribution in [3.8, 4) is 22.5 Å². The van der Waals surface area contributed by atoms with Crippen LogP contribution in [0.15, 0.2) is 55.4 Å². The van der Waals surface area contributed by atoms with Crippen molar-refractivity contribution in [2.45, 2.75) is 6.92 Å². The molecule has 4 rings (SSSR count). The molecule has 0 aliphatic heterocycles. The first-order valence-electron chi connectivity index (χ1n) is 8.62. The van der Waals surface area contributed by atoms with Gasteiger partial charge in [0.2, 0.25) is 11.9 Å². The van der Waals surface area contributed by atoms with Crippen molar-refractivity contribution < 1.29 is 4.74 Å². The van der Waals surface area contributed by atoms with Gasteiger partial charge in [0.05, 0.1) is 12.1 Å². The lowest BCUT2D eigenvalue weighted by atomic mass is 10.0. The van der Waals surface area contributed by atoms with Crippen LogP contribution in [0.1, 0.15) is 6.92 Å². The molecule has 0 bridgehead atoms. The Labute approximate surface area is 160 Å². The maximum atomic E-state index is 5.60. The Hall–Kier alpha value is -4.01. The molecule has 0 aliphatic carbocycles. The van der Waals surface area contributed by atoms with E-state index in [4.69, 9.17) is 10.5 Å². The SMILES string of the molecule is C=C(Nc1nc2c(-c3ncccn3)cc(-c3cnc(N)nc3)cc2[nH]1)OCC. The number of nitrogens with one attached hydrogen (secondary N) is 2. The number of imidazole rings is 1. The predicted octanol–water partition coefficient (Wildman–Crippen LogP) is 2.98. The van der Waals surface area contributed by atoms with E-state index in [1.807, 2.05) is 19.1 Å². The average molecular weight is 374 g/mol. The van der Waals surface area contributed by atoms with Gasteiger partial charge < -0.3 is 15.5 Å². The van der Waals surface area contributed by atoms with Gasteiger partial charge in [-0.25, -0.2) is 24.9 Å². The molecule has 0 spiro atoms. The number of ether oxygens (including phenoxy) is 1. The van der Waals surface area contributed by atoms with Crippen molar-refractivity contribution in [3.63, 3.8) is 0 Å². The number of rotatable bonds is 6. The number of hydrogen-bond acceptors (Lipinski definition) is 8. The normalized spacial score (nSPS) is 10.8. The number of hydrogen-bond donors (Lipinski definition) is 3. The Kier molecular flexibility index (Phi) is 4.55. The van der Waals surface area contributed by atoms with Crippen LogP contribution in [0.3, 0.4) is 0 Å². The molecule has 9 heteroatoms. The van der Waals surface area contributed by atoms with Gasteiger partial charge in [-0.2, -0.15) is 0 Å². The monoisotopic (exact) mass is 374 g/mol. The summed E-state index contributed by atoms with van der Waals surface area (Å²) in [5.74, 6) is 1.70. The molecular formula is C19H18N8O. The third kappa shape index (κ3) is 3.45. The minimum absolute atomic E-state index is 0.221. The smallest absolute Gasteiger partial charge is 0.219 e. The fourth-order valence-electron chi connectivity index (χ4n) is 2.78. The van der Waals surface area contributed by atoms with Crippen LogP contribution in [-0.2, 0) is 4.74 Å². The van der Waals surface area contributed by atoms with Gasteiger partial charge in [0.1, 0.15) is 5.52 Å². The first-order chi connectivity index (χ1) is 13.6. The number of fused-ring (bicyclic) bond motifs is 1. The lowest BCUT2D eigenvalue weighted by Gasteiger charge is -2.06. The molecule has 0 saturated heterocycles. The maximum absolute atomic E-state index is 5.60. The highest BCUT2D eigenvalue weighted by Crippen LogP contribution is 2.32. The van der Waals surface area contributed by atoms with Crippen molar-refractivity contribution in [3.05, 3.63) is 55.4 Å². The van der Waals surface area contributed by atoms with Crippen LogP contribution in [0.4, 0.5) is 11.9 Å². The minimum atomic E-state index is 0.221. The third-order valence-electron chi connectivity index (χ3n) is 3.97. The van der Waals surface area contributed by atoms with Crippen LogP contribution in [0, 0.1) is 0 Å². The van der Waals surface area contributed by atoms with Crippen LogP contribution in [0.5, 0.6) is 0 Å². The first kappa shape index (κ1) is 17.4. The molecule has 0 amide bonds. The topological polar surface area (TPSA) is 128 Å². The van der Waals surface area contributed by atoms with Gasteiger partial charge >= 0.3 is 0 Å². The fourth-order valence-corrected chi connectivity index (χ4v) is 2.78. The minimum Gasteiger partial charge on any atom is -0.480 e. The largest absolute Gasteiger partial charge is 0.480 e. The maximum Gasteiger partial charge on any atom is 0.219 e. The number of H-pyrrole nitrogens is 1. The van der Waals surface area contributed by atoms with Crippen molar-refractivity contribution in [2.75, 3.05) is 17.7 Å². The lowest BCUT2D eigenvalue weighted by molar-refractivity contribution is 0.236. The zero-order chi connectivity index (χ0) is 19.5. The van der Waals surface area contributed by atoms with Gasteiger partial charge in [-0.3, -0.25) is 5.32 Å². The highest BCUT2D eigenvalue weighted by Gasteiger charge is 2.15. The number of benzene rings is 1. The summed E-state index contributed by atoms with van der Waals surface area (Å²) < 4.78 is 5.34. The Morgan fingerprint density at radius 2 is 1.89 bits per heavy atom.